The molecule has 2 aliphatic heterocycles. The normalized spacial score (nSPS) is 48.1. The molecule has 0 amide bonds. The highest BCUT2D eigenvalue weighted by molar-refractivity contribution is 4.95. The van der Waals surface area contributed by atoms with Gasteiger partial charge in [-0.15, -0.1) is 12.3 Å². The lowest BCUT2D eigenvalue weighted by atomic mass is 9.61. The predicted octanol–water partition coefficient (Wildman–Crippen LogP) is 3.82. The van der Waals surface area contributed by atoms with Gasteiger partial charge in [-0.1, -0.05) is 20.3 Å². The molecule has 0 spiro atoms. The van der Waals surface area contributed by atoms with Crippen molar-refractivity contribution in [2.75, 3.05) is 6.61 Å². The minimum Gasteiger partial charge on any atom is -0.351 e. The Kier molecular flexibility index (Phi) is 5.12. The minimum atomic E-state index is -0.168. The summed E-state index contributed by atoms with van der Waals surface area (Å²) >= 11 is 0. The molecule has 2 heterocycles. The van der Waals surface area contributed by atoms with Gasteiger partial charge in [0.25, 0.3) is 0 Å². The Morgan fingerprint density at radius 3 is 2.59 bits per heavy atom. The zero-order valence-electron chi connectivity index (χ0n) is 14.2. The summed E-state index contributed by atoms with van der Waals surface area (Å²) in [6, 6.07) is 0. The molecule has 8 atom stereocenters. The van der Waals surface area contributed by atoms with Crippen molar-refractivity contribution in [2.24, 2.45) is 29.6 Å². The Labute approximate surface area is 135 Å². The van der Waals surface area contributed by atoms with Gasteiger partial charge in [-0.2, -0.15) is 0 Å². The van der Waals surface area contributed by atoms with Crippen molar-refractivity contribution in [1.29, 1.82) is 0 Å². The van der Waals surface area contributed by atoms with E-state index < -0.39 is 0 Å². The van der Waals surface area contributed by atoms with Crippen LogP contribution in [0.25, 0.3) is 0 Å². The number of hydrogen-bond donors (Lipinski definition) is 0. The van der Waals surface area contributed by atoms with Gasteiger partial charge in [0.15, 0.2) is 12.6 Å². The van der Waals surface area contributed by atoms with E-state index in [4.69, 9.17) is 20.6 Å². The molecule has 124 valence electrons. The van der Waals surface area contributed by atoms with Crippen LogP contribution in [0, 0.1) is 41.9 Å². The van der Waals surface area contributed by atoms with Crippen LogP contribution in [0.3, 0.4) is 0 Å². The Hall–Kier alpha value is -0.560. The zero-order valence-corrected chi connectivity index (χ0v) is 14.2. The van der Waals surface area contributed by atoms with E-state index in [0.717, 1.165) is 18.3 Å². The summed E-state index contributed by atoms with van der Waals surface area (Å²) in [6.07, 6.45) is 11.0. The third-order valence-electron chi connectivity index (χ3n) is 6.16. The highest BCUT2D eigenvalue weighted by atomic mass is 16.8. The van der Waals surface area contributed by atoms with Gasteiger partial charge < -0.3 is 14.2 Å². The van der Waals surface area contributed by atoms with E-state index in [2.05, 4.69) is 26.7 Å². The third-order valence-corrected chi connectivity index (χ3v) is 6.16. The molecule has 2 saturated heterocycles. The average molecular weight is 306 g/mol. The molecule has 1 saturated carbocycles. The monoisotopic (exact) mass is 306 g/mol. The SMILES string of the molecule is C#CCCOC1OC2OC(C)CCC3C(C)CCC(C1C)C23. The predicted molar refractivity (Wildman–Crippen MR) is 85.9 cm³/mol. The lowest BCUT2D eigenvalue weighted by Gasteiger charge is -2.51. The molecule has 0 N–H and O–H groups in total. The second kappa shape index (κ2) is 6.91. The fourth-order valence-corrected chi connectivity index (χ4v) is 4.87. The van der Waals surface area contributed by atoms with Crippen molar-refractivity contribution < 1.29 is 14.2 Å². The number of rotatable bonds is 3. The number of hydrogen-bond acceptors (Lipinski definition) is 3. The van der Waals surface area contributed by atoms with Gasteiger partial charge in [-0.05, 0) is 43.9 Å². The van der Waals surface area contributed by atoms with Gasteiger partial charge in [0.05, 0.1) is 12.7 Å². The molecule has 0 bridgehead atoms. The summed E-state index contributed by atoms with van der Waals surface area (Å²) in [6.45, 7) is 7.44. The maximum Gasteiger partial charge on any atom is 0.164 e. The highest BCUT2D eigenvalue weighted by Gasteiger charge is 2.52. The van der Waals surface area contributed by atoms with Crippen molar-refractivity contribution in [3.8, 4) is 12.3 Å². The molecular formula is C19H30O3. The van der Waals surface area contributed by atoms with Crippen LogP contribution in [0.2, 0.25) is 0 Å². The molecular weight excluding hydrogens is 276 g/mol. The highest BCUT2D eigenvalue weighted by Crippen LogP contribution is 2.52. The minimum absolute atomic E-state index is 0.0951. The van der Waals surface area contributed by atoms with Crippen molar-refractivity contribution in [2.45, 2.75) is 71.6 Å². The zero-order chi connectivity index (χ0) is 15.7. The standard InChI is InChI=1S/C19H30O3/c1-5-6-11-20-18-14(4)16-9-7-12(2)15-10-8-13(3)21-19(22-18)17(15)16/h1,12-19H,6-11H2,2-4H3. The Morgan fingerprint density at radius 2 is 1.82 bits per heavy atom. The van der Waals surface area contributed by atoms with Gasteiger partial charge in [0.1, 0.15) is 0 Å². The molecule has 3 nitrogen and oxygen atoms in total. The van der Waals surface area contributed by atoms with Crippen LogP contribution in [-0.4, -0.2) is 25.3 Å². The Bertz CT molecular complexity index is 415. The second-order valence-electron chi connectivity index (χ2n) is 7.54. The first-order chi connectivity index (χ1) is 10.6. The van der Waals surface area contributed by atoms with E-state index in [-0.39, 0.29) is 18.7 Å². The van der Waals surface area contributed by atoms with E-state index in [9.17, 15) is 0 Å². The molecule has 8 unspecified atom stereocenters. The van der Waals surface area contributed by atoms with Crippen LogP contribution in [0.4, 0.5) is 0 Å². The van der Waals surface area contributed by atoms with Crippen LogP contribution in [0.1, 0.15) is 52.9 Å². The first-order valence-corrected chi connectivity index (χ1v) is 8.97. The molecule has 3 rings (SSSR count). The van der Waals surface area contributed by atoms with Crippen molar-refractivity contribution in [3.05, 3.63) is 0 Å². The Morgan fingerprint density at radius 1 is 1.05 bits per heavy atom. The summed E-state index contributed by atoms with van der Waals surface area (Å²) in [4.78, 5) is 0. The number of terminal acetylenes is 1. The fraction of sp³-hybridized carbons (Fsp3) is 0.895. The summed E-state index contributed by atoms with van der Waals surface area (Å²) in [5.41, 5.74) is 0. The summed E-state index contributed by atoms with van der Waals surface area (Å²) < 4.78 is 18.4. The summed E-state index contributed by atoms with van der Waals surface area (Å²) in [7, 11) is 0. The molecule has 3 aliphatic rings. The molecule has 3 fully saturated rings. The van der Waals surface area contributed by atoms with Gasteiger partial charge >= 0.3 is 0 Å². The van der Waals surface area contributed by atoms with E-state index in [1.807, 2.05) is 0 Å². The maximum absolute atomic E-state index is 6.27. The summed E-state index contributed by atoms with van der Waals surface area (Å²) in [5.74, 6) is 5.77. The largest absolute Gasteiger partial charge is 0.351 e. The molecule has 0 aromatic rings. The first-order valence-electron chi connectivity index (χ1n) is 8.97. The van der Waals surface area contributed by atoms with Crippen LogP contribution in [0.15, 0.2) is 0 Å². The second-order valence-corrected chi connectivity index (χ2v) is 7.54. The van der Waals surface area contributed by atoms with E-state index >= 15 is 0 Å². The molecule has 3 heteroatoms. The van der Waals surface area contributed by atoms with E-state index in [1.54, 1.807) is 0 Å². The molecule has 22 heavy (non-hydrogen) atoms. The smallest absolute Gasteiger partial charge is 0.164 e. The van der Waals surface area contributed by atoms with Gasteiger partial charge in [-0.3, -0.25) is 0 Å². The van der Waals surface area contributed by atoms with E-state index in [0.29, 0.717) is 30.8 Å². The van der Waals surface area contributed by atoms with Gasteiger partial charge in [0.2, 0.25) is 0 Å². The summed E-state index contributed by atoms with van der Waals surface area (Å²) in [5, 5.41) is 0. The third kappa shape index (κ3) is 3.07. The lowest BCUT2D eigenvalue weighted by Crippen LogP contribution is -2.53. The molecule has 0 aromatic heterocycles. The van der Waals surface area contributed by atoms with E-state index in [1.165, 1.54) is 19.3 Å². The topological polar surface area (TPSA) is 27.7 Å². The molecule has 1 aliphatic carbocycles. The van der Waals surface area contributed by atoms with Crippen molar-refractivity contribution in [1.82, 2.24) is 0 Å². The maximum atomic E-state index is 6.27. The van der Waals surface area contributed by atoms with Crippen LogP contribution in [-0.2, 0) is 14.2 Å². The fourth-order valence-electron chi connectivity index (χ4n) is 4.87. The molecule has 0 radical (unpaired) electrons. The quantitative estimate of drug-likeness (QED) is 0.586. The van der Waals surface area contributed by atoms with Crippen LogP contribution >= 0.6 is 0 Å². The van der Waals surface area contributed by atoms with Crippen LogP contribution < -0.4 is 0 Å². The lowest BCUT2D eigenvalue weighted by molar-refractivity contribution is -0.333. The average Bonchev–Trinajstić information content (AvgIpc) is 2.66. The van der Waals surface area contributed by atoms with Crippen LogP contribution in [0.5, 0.6) is 0 Å². The van der Waals surface area contributed by atoms with Crippen molar-refractivity contribution in [3.63, 3.8) is 0 Å². The first kappa shape index (κ1) is 16.3. The number of ether oxygens (including phenoxy) is 3. The van der Waals surface area contributed by atoms with Crippen molar-refractivity contribution >= 4 is 0 Å². The Balaban J connectivity index is 1.77. The van der Waals surface area contributed by atoms with Gasteiger partial charge in [0, 0.05) is 18.3 Å². The molecule has 0 aromatic carbocycles. The van der Waals surface area contributed by atoms with Gasteiger partial charge in [-0.25, -0.2) is 0 Å².